The first-order valence-corrected chi connectivity index (χ1v) is 13.6. The number of amides is 1. The van der Waals surface area contributed by atoms with E-state index in [2.05, 4.69) is 30.9 Å². The van der Waals surface area contributed by atoms with Crippen LogP contribution < -0.4 is 10.3 Å². The number of H-pyrrole nitrogens is 1. The van der Waals surface area contributed by atoms with Crippen LogP contribution in [0.25, 0.3) is 0 Å². The van der Waals surface area contributed by atoms with E-state index >= 15 is 0 Å². The molecule has 5 rings (SSSR count). The van der Waals surface area contributed by atoms with Crippen molar-refractivity contribution in [1.82, 2.24) is 14.8 Å². The predicted molar refractivity (Wildman–Crippen MR) is 143 cm³/mol. The summed E-state index contributed by atoms with van der Waals surface area (Å²) < 4.78 is 6.69. The smallest absolute Gasteiger partial charge is 0.254 e. The van der Waals surface area contributed by atoms with Crippen LogP contribution in [0.1, 0.15) is 76.5 Å². The number of aromatic nitrogens is 1. The number of carbonyl (C=O) groups is 1. The summed E-state index contributed by atoms with van der Waals surface area (Å²) in [6, 6.07) is 2.59. The molecule has 3 heterocycles. The molecule has 1 fully saturated rings. The lowest BCUT2D eigenvalue weighted by molar-refractivity contribution is 0.0163. The topological polar surface area (TPSA) is 65.6 Å². The normalized spacial score (nSPS) is 25.7. The number of benzene rings is 1. The summed E-state index contributed by atoms with van der Waals surface area (Å²) in [6.45, 7) is 8.90. The molecule has 1 N–H and O–H groups in total. The molecule has 1 amide bonds. The third kappa shape index (κ3) is 4.16. The van der Waals surface area contributed by atoms with Crippen LogP contribution in [-0.2, 0) is 19.4 Å². The number of carbonyl (C=O) groups excluding carboxylic acids is 1. The molecule has 2 aromatic rings. The predicted octanol–water partition coefficient (Wildman–Crippen LogP) is 4.97. The monoisotopic (exact) mass is 511 g/mol. The molecule has 0 unspecified atom stereocenters. The van der Waals surface area contributed by atoms with Gasteiger partial charge in [0.1, 0.15) is 11.4 Å². The van der Waals surface area contributed by atoms with Gasteiger partial charge in [0.15, 0.2) is 0 Å². The van der Waals surface area contributed by atoms with Crippen molar-refractivity contribution in [2.45, 2.75) is 84.4 Å². The molecule has 6 nitrogen and oxygen atoms in total. The van der Waals surface area contributed by atoms with Gasteiger partial charge in [-0.2, -0.15) is 0 Å². The molecule has 0 radical (unpaired) electrons. The fourth-order valence-electron chi connectivity index (χ4n) is 6.75. The van der Waals surface area contributed by atoms with E-state index in [-0.39, 0.29) is 17.1 Å². The first-order valence-electron chi connectivity index (χ1n) is 13.2. The second-order valence-electron chi connectivity index (χ2n) is 11.6. The molecular formula is C29H38ClN3O3. The van der Waals surface area contributed by atoms with Crippen LogP contribution in [0.2, 0.25) is 5.02 Å². The fraction of sp³-hybridized carbons (Fsp3) is 0.586. The minimum Gasteiger partial charge on any atom is -0.485 e. The Bertz CT molecular complexity index is 1280. The summed E-state index contributed by atoms with van der Waals surface area (Å²) >= 11 is 6.96. The standard InChI is InChI=1S/C29H38ClN3O3/c1-16-13-17(2)31-27(34)23(16)15-33-12-11-21-24(28(33)35)18(3)22-14-29(4,36-26(22)25(21)30)19-7-9-20(10-8-19)32(5)6/h13,19-20H,7-12,14-15H2,1-6H3,(H,31,34)/t19?,20?,29-/m0/s1. The number of nitrogens with zero attached hydrogens (tertiary/aromatic N) is 2. The van der Waals surface area contributed by atoms with Crippen molar-refractivity contribution in [2.24, 2.45) is 5.92 Å². The molecule has 1 saturated carbocycles. The molecule has 1 aromatic carbocycles. The highest BCUT2D eigenvalue weighted by Crippen LogP contribution is 2.51. The number of pyridine rings is 1. The molecule has 1 atom stereocenters. The molecule has 0 saturated heterocycles. The van der Waals surface area contributed by atoms with Gasteiger partial charge in [-0.3, -0.25) is 9.59 Å². The van der Waals surface area contributed by atoms with Crippen LogP contribution in [0, 0.1) is 26.7 Å². The van der Waals surface area contributed by atoms with E-state index in [4.69, 9.17) is 16.3 Å². The van der Waals surface area contributed by atoms with E-state index in [0.717, 1.165) is 53.0 Å². The quantitative estimate of drug-likeness (QED) is 0.629. The molecular weight excluding hydrogens is 474 g/mol. The van der Waals surface area contributed by atoms with Crippen molar-refractivity contribution in [3.05, 3.63) is 60.5 Å². The summed E-state index contributed by atoms with van der Waals surface area (Å²) in [6.07, 6.45) is 6.08. The van der Waals surface area contributed by atoms with Gasteiger partial charge in [-0.05, 0) is 103 Å². The maximum atomic E-state index is 13.8. The van der Waals surface area contributed by atoms with Gasteiger partial charge in [-0.1, -0.05) is 11.6 Å². The van der Waals surface area contributed by atoms with Crippen molar-refractivity contribution < 1.29 is 9.53 Å². The number of halogens is 1. The van der Waals surface area contributed by atoms with Gasteiger partial charge in [0.2, 0.25) is 0 Å². The van der Waals surface area contributed by atoms with Gasteiger partial charge in [-0.15, -0.1) is 0 Å². The van der Waals surface area contributed by atoms with Crippen molar-refractivity contribution in [2.75, 3.05) is 20.6 Å². The van der Waals surface area contributed by atoms with Crippen LogP contribution in [0.15, 0.2) is 10.9 Å². The second kappa shape index (κ2) is 9.21. The van der Waals surface area contributed by atoms with Crippen LogP contribution >= 0.6 is 11.6 Å². The Balaban J connectivity index is 1.43. The maximum absolute atomic E-state index is 13.8. The molecule has 0 spiro atoms. The zero-order chi connectivity index (χ0) is 25.9. The average Bonchev–Trinajstić information content (AvgIpc) is 3.20. The molecule has 36 heavy (non-hydrogen) atoms. The summed E-state index contributed by atoms with van der Waals surface area (Å²) in [5.74, 6) is 1.21. The minimum absolute atomic E-state index is 0.0436. The Morgan fingerprint density at radius 1 is 1.14 bits per heavy atom. The molecule has 1 aromatic heterocycles. The number of ether oxygens (including phenoxy) is 1. The molecule has 0 bridgehead atoms. The van der Waals surface area contributed by atoms with E-state index in [1.54, 1.807) is 4.90 Å². The number of aryl methyl sites for hydroxylation is 2. The summed E-state index contributed by atoms with van der Waals surface area (Å²) in [5.41, 5.74) is 5.62. The Labute approximate surface area is 219 Å². The lowest BCUT2D eigenvalue weighted by Crippen LogP contribution is -2.44. The largest absolute Gasteiger partial charge is 0.485 e. The number of hydrogen-bond acceptors (Lipinski definition) is 4. The first-order chi connectivity index (χ1) is 17.0. The number of hydrogen-bond donors (Lipinski definition) is 1. The average molecular weight is 512 g/mol. The zero-order valence-electron chi connectivity index (χ0n) is 22.4. The summed E-state index contributed by atoms with van der Waals surface area (Å²) in [7, 11) is 4.33. The third-order valence-electron chi connectivity index (χ3n) is 9.00. The third-order valence-corrected chi connectivity index (χ3v) is 9.40. The number of rotatable bonds is 4. The summed E-state index contributed by atoms with van der Waals surface area (Å²) in [4.78, 5) is 33.4. The van der Waals surface area contributed by atoms with Gasteiger partial charge >= 0.3 is 0 Å². The lowest BCUT2D eigenvalue weighted by atomic mass is 9.74. The van der Waals surface area contributed by atoms with E-state index in [9.17, 15) is 9.59 Å². The van der Waals surface area contributed by atoms with Crippen molar-refractivity contribution in [3.8, 4) is 5.75 Å². The second-order valence-corrected chi connectivity index (χ2v) is 12.0. The molecule has 1 aliphatic carbocycles. The van der Waals surface area contributed by atoms with Crippen molar-refractivity contribution >= 4 is 17.5 Å². The highest BCUT2D eigenvalue weighted by molar-refractivity contribution is 6.33. The Morgan fingerprint density at radius 3 is 2.47 bits per heavy atom. The van der Waals surface area contributed by atoms with E-state index in [1.165, 1.54) is 12.8 Å². The molecule has 3 aliphatic rings. The van der Waals surface area contributed by atoms with Crippen LogP contribution in [0.5, 0.6) is 5.75 Å². The molecule has 194 valence electrons. The van der Waals surface area contributed by atoms with Crippen LogP contribution in [0.3, 0.4) is 0 Å². The van der Waals surface area contributed by atoms with Crippen LogP contribution in [0.4, 0.5) is 0 Å². The van der Waals surface area contributed by atoms with Crippen LogP contribution in [-0.4, -0.2) is 53.0 Å². The van der Waals surface area contributed by atoms with Crippen molar-refractivity contribution in [3.63, 3.8) is 0 Å². The van der Waals surface area contributed by atoms with Gasteiger partial charge in [0, 0.05) is 41.4 Å². The molecule has 2 aliphatic heterocycles. The van der Waals surface area contributed by atoms with Gasteiger partial charge in [0.05, 0.1) is 11.6 Å². The Hall–Kier alpha value is -2.31. The van der Waals surface area contributed by atoms with Gasteiger partial charge in [0.25, 0.3) is 11.5 Å². The lowest BCUT2D eigenvalue weighted by Gasteiger charge is -2.40. The highest BCUT2D eigenvalue weighted by atomic mass is 35.5. The molecule has 7 heteroatoms. The van der Waals surface area contributed by atoms with E-state index < -0.39 is 0 Å². The minimum atomic E-state index is -0.299. The van der Waals surface area contributed by atoms with Gasteiger partial charge < -0.3 is 19.5 Å². The summed E-state index contributed by atoms with van der Waals surface area (Å²) in [5, 5.41) is 0.605. The van der Waals surface area contributed by atoms with E-state index in [1.807, 2.05) is 26.8 Å². The first kappa shape index (κ1) is 25.3. The van der Waals surface area contributed by atoms with Gasteiger partial charge in [-0.25, -0.2) is 0 Å². The SMILES string of the molecule is Cc1cc(C)c(CN2CCc3c(Cl)c4c(c(C)c3C2=O)C[C@@](C)(C2CCC(N(C)C)CC2)O4)c(=O)[nH]1. The Morgan fingerprint density at radius 2 is 1.83 bits per heavy atom. The maximum Gasteiger partial charge on any atom is 0.254 e. The van der Waals surface area contributed by atoms with Crippen molar-refractivity contribution in [1.29, 1.82) is 0 Å². The number of nitrogens with one attached hydrogen (secondary N) is 1. The fourth-order valence-corrected chi connectivity index (χ4v) is 7.09. The highest BCUT2D eigenvalue weighted by Gasteiger charge is 2.46. The zero-order valence-corrected chi connectivity index (χ0v) is 23.1. The number of fused-ring (bicyclic) bond motifs is 2. The number of aromatic amines is 1. The Kier molecular flexibility index (Phi) is 6.49. The van der Waals surface area contributed by atoms with E-state index in [0.29, 0.717) is 47.6 Å².